The van der Waals surface area contributed by atoms with Crippen molar-refractivity contribution in [1.82, 2.24) is 0 Å². The van der Waals surface area contributed by atoms with Crippen LogP contribution in [0.25, 0.3) is 0 Å². The molecule has 0 aliphatic carbocycles. The average Bonchev–Trinajstić information content (AvgIpc) is 2.14. The molecule has 0 radical (unpaired) electrons. The molecule has 0 aliphatic rings. The van der Waals surface area contributed by atoms with E-state index in [9.17, 15) is 12.8 Å². The maximum absolute atomic E-state index is 13.3. The Morgan fingerprint density at radius 2 is 2.13 bits per heavy atom. The maximum Gasteiger partial charge on any atom is 0.232 e. The summed E-state index contributed by atoms with van der Waals surface area (Å²) in [7, 11) is 2.82. The van der Waals surface area contributed by atoms with E-state index < -0.39 is 14.9 Å². The van der Waals surface area contributed by atoms with Gasteiger partial charge in [-0.05, 0) is 18.6 Å². The van der Waals surface area contributed by atoms with Crippen molar-refractivity contribution in [3.8, 4) is 5.75 Å². The molecule has 0 atom stereocenters. The van der Waals surface area contributed by atoms with Crippen molar-refractivity contribution in [2.24, 2.45) is 0 Å². The lowest BCUT2D eigenvalue weighted by Crippen LogP contribution is -2.04. The predicted molar refractivity (Wildman–Crippen MR) is 56.3 cm³/mol. The first-order chi connectivity index (χ1) is 6.94. The summed E-state index contributed by atoms with van der Waals surface area (Å²) in [5.74, 6) is -0.476. The fourth-order valence-corrected chi connectivity index (χ4v) is 1.88. The normalized spacial score (nSPS) is 11.4. The van der Waals surface area contributed by atoms with E-state index in [0.717, 1.165) is 0 Å². The molecular formula is C9H10ClFO3S. The van der Waals surface area contributed by atoms with Crippen molar-refractivity contribution < 1.29 is 17.5 Å². The molecule has 0 bridgehead atoms. The molecule has 0 unspecified atom stereocenters. The van der Waals surface area contributed by atoms with Crippen molar-refractivity contribution >= 4 is 19.7 Å². The van der Waals surface area contributed by atoms with Crippen LogP contribution < -0.4 is 4.74 Å². The molecule has 0 amide bonds. The molecule has 0 spiro atoms. The van der Waals surface area contributed by atoms with E-state index in [1.807, 2.05) is 0 Å². The number of benzene rings is 1. The maximum atomic E-state index is 13.3. The van der Waals surface area contributed by atoms with Crippen molar-refractivity contribution in [1.29, 1.82) is 0 Å². The Morgan fingerprint density at radius 3 is 2.67 bits per heavy atom. The zero-order valence-corrected chi connectivity index (χ0v) is 9.61. The van der Waals surface area contributed by atoms with Gasteiger partial charge in [0.2, 0.25) is 9.05 Å². The fourth-order valence-electron chi connectivity index (χ4n) is 1.20. The van der Waals surface area contributed by atoms with E-state index in [4.69, 9.17) is 15.4 Å². The summed E-state index contributed by atoms with van der Waals surface area (Å²) in [6.45, 7) is 0. The lowest BCUT2D eigenvalue weighted by molar-refractivity contribution is 0.405. The molecule has 0 N–H and O–H groups in total. The van der Waals surface area contributed by atoms with Gasteiger partial charge in [0.05, 0.1) is 12.9 Å². The molecule has 6 heteroatoms. The summed E-state index contributed by atoms with van der Waals surface area (Å²) in [5, 5.41) is 0. The molecule has 3 nitrogen and oxygen atoms in total. The molecule has 0 fully saturated rings. The highest BCUT2D eigenvalue weighted by Gasteiger charge is 2.12. The van der Waals surface area contributed by atoms with E-state index in [1.165, 1.54) is 19.2 Å². The smallest absolute Gasteiger partial charge is 0.232 e. The van der Waals surface area contributed by atoms with Crippen LogP contribution in [-0.2, 0) is 15.5 Å². The van der Waals surface area contributed by atoms with Gasteiger partial charge in [0.25, 0.3) is 0 Å². The van der Waals surface area contributed by atoms with Crippen molar-refractivity contribution in [2.45, 2.75) is 6.42 Å². The molecule has 1 rings (SSSR count). The van der Waals surface area contributed by atoms with Gasteiger partial charge in [-0.25, -0.2) is 12.8 Å². The molecule has 0 heterocycles. The molecule has 1 aromatic carbocycles. The first-order valence-corrected chi connectivity index (χ1v) is 6.65. The second-order valence-electron chi connectivity index (χ2n) is 2.91. The Balaban J connectivity index is 2.93. The number of hydrogen-bond acceptors (Lipinski definition) is 3. The minimum Gasteiger partial charge on any atom is -0.496 e. The van der Waals surface area contributed by atoms with Crippen LogP contribution in [0, 0.1) is 5.82 Å². The molecule has 0 saturated carbocycles. The summed E-state index contributed by atoms with van der Waals surface area (Å²) in [6.07, 6.45) is 0.00167. The first kappa shape index (κ1) is 12.3. The molecule has 0 saturated heterocycles. The lowest BCUT2D eigenvalue weighted by atomic mass is 10.1. The van der Waals surface area contributed by atoms with Gasteiger partial charge in [0.15, 0.2) is 0 Å². The number of hydrogen-bond donors (Lipinski definition) is 0. The van der Waals surface area contributed by atoms with Gasteiger partial charge in [-0.15, -0.1) is 0 Å². The third-order valence-corrected chi connectivity index (χ3v) is 3.05. The third-order valence-electron chi connectivity index (χ3n) is 1.89. The van der Waals surface area contributed by atoms with Crippen LogP contribution in [0.15, 0.2) is 18.2 Å². The Kier molecular flexibility index (Phi) is 3.93. The van der Waals surface area contributed by atoms with Gasteiger partial charge in [-0.2, -0.15) is 0 Å². The van der Waals surface area contributed by atoms with E-state index in [0.29, 0.717) is 5.75 Å². The summed E-state index contributed by atoms with van der Waals surface area (Å²) in [4.78, 5) is 0. The number of ether oxygens (including phenoxy) is 1. The standard InChI is InChI=1S/C9H10ClFO3S/c1-14-9-4-2-3-8(11)7(9)5-6-15(10,12)13/h2-4H,5-6H2,1H3. The summed E-state index contributed by atoms with van der Waals surface area (Å²) >= 11 is 0. The van der Waals surface area contributed by atoms with E-state index in [-0.39, 0.29) is 17.7 Å². The Hall–Kier alpha value is -0.810. The highest BCUT2D eigenvalue weighted by atomic mass is 35.7. The molecule has 1 aromatic rings. The molecular weight excluding hydrogens is 243 g/mol. The number of halogens is 2. The van der Waals surface area contributed by atoms with Crippen LogP contribution in [-0.4, -0.2) is 21.3 Å². The predicted octanol–water partition coefficient (Wildman–Crippen LogP) is 1.95. The fraction of sp³-hybridized carbons (Fsp3) is 0.333. The van der Waals surface area contributed by atoms with E-state index in [2.05, 4.69) is 0 Å². The number of methoxy groups -OCH3 is 1. The van der Waals surface area contributed by atoms with Crippen LogP contribution in [0.2, 0.25) is 0 Å². The van der Waals surface area contributed by atoms with Gasteiger partial charge < -0.3 is 4.74 Å². The largest absolute Gasteiger partial charge is 0.496 e. The average molecular weight is 253 g/mol. The minimum atomic E-state index is -3.61. The SMILES string of the molecule is COc1cccc(F)c1CCS(=O)(=O)Cl. The van der Waals surface area contributed by atoms with Gasteiger partial charge in [-0.1, -0.05) is 6.07 Å². The number of rotatable bonds is 4. The Morgan fingerprint density at radius 1 is 1.47 bits per heavy atom. The van der Waals surface area contributed by atoms with Crippen LogP contribution >= 0.6 is 10.7 Å². The van der Waals surface area contributed by atoms with Gasteiger partial charge in [0, 0.05) is 16.2 Å². The highest BCUT2D eigenvalue weighted by molar-refractivity contribution is 8.13. The molecule has 0 aliphatic heterocycles. The zero-order chi connectivity index (χ0) is 11.5. The van der Waals surface area contributed by atoms with Crippen molar-refractivity contribution in [2.75, 3.05) is 12.9 Å². The second kappa shape index (κ2) is 4.81. The van der Waals surface area contributed by atoms with Gasteiger partial charge in [-0.3, -0.25) is 0 Å². The summed E-state index contributed by atoms with van der Waals surface area (Å²) in [6, 6.07) is 4.31. The highest BCUT2D eigenvalue weighted by Crippen LogP contribution is 2.22. The first-order valence-electron chi connectivity index (χ1n) is 4.18. The monoisotopic (exact) mass is 252 g/mol. The van der Waals surface area contributed by atoms with Crippen LogP contribution in [0.1, 0.15) is 5.56 Å². The van der Waals surface area contributed by atoms with Crippen LogP contribution in [0.3, 0.4) is 0 Å². The quantitative estimate of drug-likeness (QED) is 0.770. The Labute approximate surface area is 92.2 Å². The van der Waals surface area contributed by atoms with Gasteiger partial charge >= 0.3 is 0 Å². The van der Waals surface area contributed by atoms with Crippen molar-refractivity contribution in [3.05, 3.63) is 29.6 Å². The topological polar surface area (TPSA) is 43.4 Å². The van der Waals surface area contributed by atoms with Crippen molar-refractivity contribution in [3.63, 3.8) is 0 Å². The van der Waals surface area contributed by atoms with E-state index >= 15 is 0 Å². The summed E-state index contributed by atoms with van der Waals surface area (Å²) in [5.41, 5.74) is 0.226. The van der Waals surface area contributed by atoms with E-state index in [1.54, 1.807) is 6.07 Å². The lowest BCUT2D eigenvalue weighted by Gasteiger charge is -2.07. The molecule has 84 valence electrons. The molecule has 15 heavy (non-hydrogen) atoms. The molecule has 0 aromatic heterocycles. The second-order valence-corrected chi connectivity index (χ2v) is 5.81. The van der Waals surface area contributed by atoms with Crippen LogP contribution in [0.5, 0.6) is 5.75 Å². The zero-order valence-electron chi connectivity index (χ0n) is 8.04. The minimum absolute atomic E-state index is 0.00167. The Bertz CT molecular complexity index is 445. The third kappa shape index (κ3) is 3.68. The summed E-state index contributed by atoms with van der Waals surface area (Å²) < 4.78 is 39.6. The van der Waals surface area contributed by atoms with Crippen LogP contribution in [0.4, 0.5) is 4.39 Å². The van der Waals surface area contributed by atoms with Gasteiger partial charge in [0.1, 0.15) is 11.6 Å².